The predicted molar refractivity (Wildman–Crippen MR) is 102 cm³/mol. The minimum atomic E-state index is 0.0528. The lowest BCUT2D eigenvalue weighted by Gasteiger charge is -2.71. The van der Waals surface area contributed by atoms with Crippen molar-refractivity contribution >= 4 is 11.9 Å². The summed E-state index contributed by atoms with van der Waals surface area (Å²) in [6.45, 7) is 3.17. The second kappa shape index (κ2) is 5.87. The minimum Gasteiger partial charge on any atom is -0.343 e. The molecule has 8 bridgehead atoms. The number of carbonyl (C=O) groups excluding carboxylic acids is 2. The van der Waals surface area contributed by atoms with Crippen molar-refractivity contribution in [2.75, 3.05) is 13.1 Å². The molecule has 5 heteroatoms. The van der Waals surface area contributed by atoms with E-state index in [1.165, 1.54) is 32.1 Å². The van der Waals surface area contributed by atoms with Crippen molar-refractivity contribution in [3.05, 3.63) is 0 Å². The molecule has 5 atom stereocenters. The van der Waals surface area contributed by atoms with Crippen LogP contribution in [0.3, 0.4) is 0 Å². The molecule has 8 aliphatic rings. The number of nitrogens with one attached hydrogen (secondary N) is 2. The van der Waals surface area contributed by atoms with E-state index >= 15 is 0 Å². The third kappa shape index (κ3) is 2.42. The van der Waals surface area contributed by atoms with Gasteiger partial charge >= 0.3 is 6.03 Å². The number of nitrogens with zero attached hydrogens (tertiary/aromatic N) is 1. The van der Waals surface area contributed by atoms with Gasteiger partial charge in [0, 0.05) is 32.1 Å². The van der Waals surface area contributed by atoms with Gasteiger partial charge < -0.3 is 15.5 Å². The molecule has 7 aliphatic carbocycles. The maximum atomic E-state index is 12.8. The number of piperidine rings is 1. The van der Waals surface area contributed by atoms with Gasteiger partial charge in [0.05, 0.1) is 0 Å². The van der Waals surface area contributed by atoms with Crippen molar-refractivity contribution in [2.45, 2.75) is 64.0 Å². The Morgan fingerprint density at radius 2 is 1.41 bits per heavy atom. The largest absolute Gasteiger partial charge is 0.343 e. The van der Waals surface area contributed by atoms with Crippen LogP contribution in [0.5, 0.6) is 0 Å². The fourth-order valence-electron chi connectivity index (χ4n) is 8.86. The molecule has 5 nitrogen and oxygen atoms in total. The van der Waals surface area contributed by atoms with Crippen molar-refractivity contribution < 1.29 is 9.59 Å². The van der Waals surface area contributed by atoms with E-state index in [0.717, 1.165) is 73.3 Å². The number of likely N-dealkylation sites (tertiary alicyclic amines) is 1. The average Bonchev–Trinajstić information content (AvgIpc) is 2.66. The lowest BCUT2D eigenvalue weighted by Crippen LogP contribution is -2.70. The van der Waals surface area contributed by atoms with Crippen LogP contribution in [0.4, 0.5) is 4.79 Å². The molecule has 8 fully saturated rings. The van der Waals surface area contributed by atoms with Crippen LogP contribution in [-0.4, -0.2) is 42.0 Å². The molecule has 2 N–H and O–H groups in total. The van der Waals surface area contributed by atoms with Gasteiger partial charge in [-0.15, -0.1) is 0 Å². The second-order valence-corrected chi connectivity index (χ2v) is 10.6. The zero-order chi connectivity index (χ0) is 18.3. The zero-order valence-corrected chi connectivity index (χ0v) is 16.4. The number of carbonyl (C=O) groups is 2. The molecule has 0 spiro atoms. The molecule has 7 saturated carbocycles. The van der Waals surface area contributed by atoms with Gasteiger partial charge in [0.2, 0.25) is 5.91 Å². The van der Waals surface area contributed by atoms with Crippen LogP contribution in [0.25, 0.3) is 0 Å². The highest BCUT2D eigenvalue weighted by molar-refractivity contribution is 5.75. The molecule has 1 aliphatic heterocycles. The van der Waals surface area contributed by atoms with Gasteiger partial charge in [-0.25, -0.2) is 4.79 Å². The van der Waals surface area contributed by atoms with Crippen LogP contribution in [0.2, 0.25) is 0 Å². The Morgan fingerprint density at radius 1 is 0.815 bits per heavy atom. The fourth-order valence-corrected chi connectivity index (χ4v) is 8.86. The van der Waals surface area contributed by atoms with E-state index in [1.807, 2.05) is 4.90 Å². The fraction of sp³-hybridized carbons (Fsp3) is 0.909. The average molecular weight is 372 g/mol. The SMILES string of the molecule is CC(=O)N1CCC(NC(=O)NC2C3CC4C5CC6CC4C2C(C6)C5C3)CC1. The summed E-state index contributed by atoms with van der Waals surface area (Å²) in [5, 5.41) is 6.70. The quantitative estimate of drug-likeness (QED) is 0.784. The molecular formula is C22H33N3O2. The first-order valence-electron chi connectivity index (χ1n) is 11.4. The number of hydrogen-bond donors (Lipinski definition) is 2. The summed E-state index contributed by atoms with van der Waals surface area (Å²) in [5.74, 6) is 7.49. The number of hydrogen-bond acceptors (Lipinski definition) is 2. The standard InChI is InChI=1S/C22H33N3O2/c1-11(26)25-4-2-14(3-5-25)23-22(27)24-21-13-9-16-15-6-12-7-18(16)20(21)19(8-12)17(15)10-13/h12-21H,2-10H2,1H3,(H2,23,24,27). The highest BCUT2D eigenvalue weighted by atomic mass is 16.2. The van der Waals surface area contributed by atoms with Crippen molar-refractivity contribution in [1.82, 2.24) is 15.5 Å². The van der Waals surface area contributed by atoms with Crippen LogP contribution in [0.15, 0.2) is 0 Å². The molecule has 8 rings (SSSR count). The van der Waals surface area contributed by atoms with E-state index in [9.17, 15) is 9.59 Å². The van der Waals surface area contributed by atoms with Gasteiger partial charge in [-0.1, -0.05) is 0 Å². The summed E-state index contributed by atoms with van der Waals surface area (Å²) in [6.07, 6.45) is 8.94. The van der Waals surface area contributed by atoms with Gasteiger partial charge in [0.1, 0.15) is 0 Å². The first kappa shape index (κ1) is 16.7. The van der Waals surface area contributed by atoms with E-state index in [-0.39, 0.29) is 18.0 Å². The summed E-state index contributed by atoms with van der Waals surface area (Å²) in [4.78, 5) is 26.2. The molecule has 5 unspecified atom stereocenters. The topological polar surface area (TPSA) is 61.4 Å². The van der Waals surface area contributed by atoms with Crippen LogP contribution in [-0.2, 0) is 4.79 Å². The van der Waals surface area contributed by atoms with Gasteiger partial charge in [0.25, 0.3) is 0 Å². The van der Waals surface area contributed by atoms with Gasteiger partial charge in [-0.3, -0.25) is 4.79 Å². The Bertz CT molecular complexity index is 634. The van der Waals surface area contributed by atoms with Crippen LogP contribution in [0.1, 0.15) is 51.9 Å². The summed E-state index contributed by atoms with van der Waals surface area (Å²) >= 11 is 0. The first-order chi connectivity index (χ1) is 13.1. The maximum absolute atomic E-state index is 12.8. The third-order valence-electron chi connectivity index (χ3n) is 9.65. The van der Waals surface area contributed by atoms with E-state index in [1.54, 1.807) is 6.92 Å². The van der Waals surface area contributed by atoms with Gasteiger partial charge in [0.15, 0.2) is 0 Å². The lowest BCUT2D eigenvalue weighted by molar-refractivity contribution is -0.214. The molecular weight excluding hydrogens is 338 g/mol. The molecule has 0 aromatic carbocycles. The van der Waals surface area contributed by atoms with Crippen molar-refractivity contribution in [3.63, 3.8) is 0 Å². The molecule has 0 radical (unpaired) electrons. The zero-order valence-electron chi connectivity index (χ0n) is 16.4. The monoisotopic (exact) mass is 371 g/mol. The minimum absolute atomic E-state index is 0.0528. The van der Waals surface area contributed by atoms with E-state index < -0.39 is 0 Å². The summed E-state index contributed by atoms with van der Waals surface area (Å²) < 4.78 is 0. The normalized spacial score (nSPS) is 49.5. The van der Waals surface area contributed by atoms with E-state index in [0.29, 0.717) is 6.04 Å². The first-order valence-corrected chi connectivity index (χ1v) is 11.4. The molecule has 27 heavy (non-hydrogen) atoms. The highest BCUT2D eigenvalue weighted by Gasteiger charge is 2.66. The second-order valence-electron chi connectivity index (χ2n) is 10.6. The molecule has 1 saturated heterocycles. The lowest BCUT2D eigenvalue weighted by atomic mass is 9.35. The Kier molecular flexibility index (Phi) is 3.62. The molecule has 1 heterocycles. The Hall–Kier alpha value is -1.26. The van der Waals surface area contributed by atoms with Crippen molar-refractivity contribution in [2.24, 2.45) is 47.3 Å². The van der Waals surface area contributed by atoms with Crippen LogP contribution < -0.4 is 10.6 Å². The maximum Gasteiger partial charge on any atom is 0.315 e. The van der Waals surface area contributed by atoms with E-state index in [4.69, 9.17) is 0 Å². The summed E-state index contributed by atoms with van der Waals surface area (Å²) in [5.41, 5.74) is 0. The Morgan fingerprint density at radius 3 is 2.04 bits per heavy atom. The third-order valence-corrected chi connectivity index (χ3v) is 9.65. The summed E-state index contributed by atoms with van der Waals surface area (Å²) in [7, 11) is 0. The number of urea groups is 1. The number of amides is 3. The molecule has 148 valence electrons. The molecule has 3 amide bonds. The number of rotatable bonds is 2. The van der Waals surface area contributed by atoms with E-state index in [2.05, 4.69) is 10.6 Å². The summed E-state index contributed by atoms with van der Waals surface area (Å²) in [6, 6.07) is 0.686. The van der Waals surface area contributed by atoms with Gasteiger partial charge in [-0.2, -0.15) is 0 Å². The molecule has 0 aromatic heterocycles. The van der Waals surface area contributed by atoms with Crippen LogP contribution in [0, 0.1) is 47.3 Å². The Labute approximate surface area is 162 Å². The van der Waals surface area contributed by atoms with Crippen LogP contribution >= 0.6 is 0 Å². The van der Waals surface area contributed by atoms with Crippen molar-refractivity contribution in [1.29, 1.82) is 0 Å². The highest BCUT2D eigenvalue weighted by Crippen LogP contribution is 2.71. The smallest absolute Gasteiger partial charge is 0.315 e. The van der Waals surface area contributed by atoms with Crippen molar-refractivity contribution in [3.8, 4) is 0 Å². The van der Waals surface area contributed by atoms with Gasteiger partial charge in [-0.05, 0) is 92.3 Å². The molecule has 0 aromatic rings. The predicted octanol–water partition coefficient (Wildman–Crippen LogP) is 2.61. The Balaban J connectivity index is 1.11.